The largest absolute Gasteiger partial charge is 0.442 e. The molecule has 0 aliphatic heterocycles. The normalized spacial score (nSPS) is 14.3. The SMILES string of the molecule is CCC[C@](C)(NC=O)C(=O)c1ncco1. The molecule has 1 aromatic heterocycles. The molecule has 0 saturated heterocycles. The van der Waals surface area contributed by atoms with E-state index >= 15 is 0 Å². The van der Waals surface area contributed by atoms with Crippen molar-refractivity contribution in [3.8, 4) is 0 Å². The Labute approximate surface area is 87.9 Å². The van der Waals surface area contributed by atoms with E-state index in [0.29, 0.717) is 12.8 Å². The lowest BCUT2D eigenvalue weighted by atomic mass is 9.91. The van der Waals surface area contributed by atoms with Crippen LogP contribution in [0.5, 0.6) is 0 Å². The first-order valence-corrected chi connectivity index (χ1v) is 4.79. The minimum Gasteiger partial charge on any atom is -0.442 e. The molecule has 1 aromatic rings. The molecule has 1 N–H and O–H groups in total. The van der Waals surface area contributed by atoms with E-state index in [1.54, 1.807) is 6.92 Å². The van der Waals surface area contributed by atoms with Gasteiger partial charge in [0.05, 0.1) is 6.20 Å². The molecule has 0 saturated carbocycles. The van der Waals surface area contributed by atoms with Gasteiger partial charge in [0.2, 0.25) is 12.2 Å². The van der Waals surface area contributed by atoms with E-state index in [4.69, 9.17) is 4.42 Å². The van der Waals surface area contributed by atoms with Crippen molar-refractivity contribution in [2.75, 3.05) is 0 Å². The highest BCUT2D eigenvalue weighted by atomic mass is 16.3. The minimum absolute atomic E-state index is 0.0281. The molecule has 0 aliphatic carbocycles. The van der Waals surface area contributed by atoms with Crippen LogP contribution in [0, 0.1) is 0 Å². The summed E-state index contributed by atoms with van der Waals surface area (Å²) in [4.78, 5) is 26.2. The minimum atomic E-state index is -0.929. The molecule has 1 rings (SSSR count). The lowest BCUT2D eigenvalue weighted by Gasteiger charge is -2.25. The number of hydrogen-bond donors (Lipinski definition) is 1. The van der Waals surface area contributed by atoms with Crippen LogP contribution in [0.3, 0.4) is 0 Å². The maximum Gasteiger partial charge on any atom is 0.265 e. The monoisotopic (exact) mass is 210 g/mol. The first kappa shape index (κ1) is 11.4. The lowest BCUT2D eigenvalue weighted by Crippen LogP contribution is -2.48. The molecule has 0 fully saturated rings. The van der Waals surface area contributed by atoms with Gasteiger partial charge in [0.25, 0.3) is 5.89 Å². The zero-order chi connectivity index (χ0) is 11.3. The Morgan fingerprint density at radius 1 is 1.73 bits per heavy atom. The van der Waals surface area contributed by atoms with Gasteiger partial charge >= 0.3 is 0 Å². The number of ketones is 1. The van der Waals surface area contributed by atoms with Crippen LogP contribution in [0.1, 0.15) is 37.4 Å². The van der Waals surface area contributed by atoms with Crippen molar-refractivity contribution in [1.82, 2.24) is 10.3 Å². The third-order valence-electron chi connectivity index (χ3n) is 2.26. The van der Waals surface area contributed by atoms with Gasteiger partial charge in [-0.3, -0.25) is 9.59 Å². The Morgan fingerprint density at radius 3 is 2.93 bits per heavy atom. The Kier molecular flexibility index (Phi) is 3.60. The number of amides is 1. The number of carbonyl (C=O) groups is 2. The molecule has 1 heterocycles. The predicted molar refractivity (Wildman–Crippen MR) is 53.3 cm³/mol. The number of carbonyl (C=O) groups excluding carboxylic acids is 2. The van der Waals surface area contributed by atoms with E-state index in [2.05, 4.69) is 10.3 Å². The highest BCUT2D eigenvalue weighted by Gasteiger charge is 2.35. The van der Waals surface area contributed by atoms with Crippen LogP contribution in [-0.4, -0.2) is 22.7 Å². The molecule has 15 heavy (non-hydrogen) atoms. The molecule has 1 amide bonds. The van der Waals surface area contributed by atoms with Crippen molar-refractivity contribution < 1.29 is 14.0 Å². The third kappa shape index (κ3) is 2.43. The molecule has 0 radical (unpaired) electrons. The van der Waals surface area contributed by atoms with Crippen LogP contribution in [0.15, 0.2) is 16.9 Å². The number of oxazole rings is 1. The van der Waals surface area contributed by atoms with Gasteiger partial charge in [0.1, 0.15) is 11.8 Å². The van der Waals surface area contributed by atoms with Crippen LogP contribution in [0.2, 0.25) is 0 Å². The fourth-order valence-corrected chi connectivity index (χ4v) is 1.45. The second-order valence-corrected chi connectivity index (χ2v) is 3.51. The second kappa shape index (κ2) is 4.72. The van der Waals surface area contributed by atoms with Gasteiger partial charge in [-0.1, -0.05) is 13.3 Å². The Morgan fingerprint density at radius 2 is 2.47 bits per heavy atom. The molecular weight excluding hydrogens is 196 g/mol. The summed E-state index contributed by atoms with van der Waals surface area (Å²) in [6.45, 7) is 3.60. The van der Waals surface area contributed by atoms with E-state index in [1.807, 2.05) is 6.92 Å². The van der Waals surface area contributed by atoms with Gasteiger partial charge in [-0.2, -0.15) is 0 Å². The molecule has 0 unspecified atom stereocenters. The lowest BCUT2D eigenvalue weighted by molar-refractivity contribution is -0.110. The van der Waals surface area contributed by atoms with Gasteiger partial charge < -0.3 is 9.73 Å². The van der Waals surface area contributed by atoms with E-state index in [-0.39, 0.29) is 11.7 Å². The smallest absolute Gasteiger partial charge is 0.265 e. The maximum atomic E-state index is 11.9. The molecular formula is C10H14N2O3. The van der Waals surface area contributed by atoms with Crippen LogP contribution < -0.4 is 5.32 Å². The molecule has 1 atom stereocenters. The summed E-state index contributed by atoms with van der Waals surface area (Å²) in [7, 11) is 0. The Bertz CT molecular complexity index is 334. The number of Topliss-reactive ketones (excluding diaryl/α,β-unsaturated/α-hetero) is 1. The first-order valence-electron chi connectivity index (χ1n) is 4.79. The van der Waals surface area contributed by atoms with Crippen molar-refractivity contribution in [3.05, 3.63) is 18.4 Å². The topological polar surface area (TPSA) is 72.2 Å². The quantitative estimate of drug-likeness (QED) is 0.565. The van der Waals surface area contributed by atoms with Crippen molar-refractivity contribution in [2.24, 2.45) is 0 Å². The van der Waals surface area contributed by atoms with Crippen molar-refractivity contribution in [3.63, 3.8) is 0 Å². The second-order valence-electron chi connectivity index (χ2n) is 3.51. The number of aromatic nitrogens is 1. The van der Waals surface area contributed by atoms with Crippen molar-refractivity contribution >= 4 is 12.2 Å². The number of rotatable bonds is 6. The van der Waals surface area contributed by atoms with Crippen LogP contribution in [-0.2, 0) is 4.79 Å². The van der Waals surface area contributed by atoms with Gasteiger partial charge in [-0.15, -0.1) is 0 Å². The van der Waals surface area contributed by atoms with Gasteiger partial charge in [-0.25, -0.2) is 4.98 Å². The Hall–Kier alpha value is -1.65. The average molecular weight is 210 g/mol. The average Bonchev–Trinajstić information content (AvgIpc) is 2.70. The molecule has 82 valence electrons. The summed E-state index contributed by atoms with van der Waals surface area (Å²) in [5.74, 6) is -0.276. The van der Waals surface area contributed by atoms with Crippen molar-refractivity contribution in [2.45, 2.75) is 32.2 Å². The summed E-state index contributed by atoms with van der Waals surface area (Å²) in [6.07, 6.45) is 4.59. The zero-order valence-corrected chi connectivity index (χ0v) is 8.82. The molecule has 5 nitrogen and oxygen atoms in total. The summed E-state index contributed by atoms with van der Waals surface area (Å²) < 4.78 is 4.92. The van der Waals surface area contributed by atoms with Gasteiger partial charge in [0.15, 0.2) is 0 Å². The highest BCUT2D eigenvalue weighted by Crippen LogP contribution is 2.17. The fourth-order valence-electron chi connectivity index (χ4n) is 1.45. The van der Waals surface area contributed by atoms with Crippen LogP contribution in [0.25, 0.3) is 0 Å². The summed E-state index contributed by atoms with van der Waals surface area (Å²) in [6, 6.07) is 0. The predicted octanol–water partition coefficient (Wildman–Crippen LogP) is 1.16. The Balaban J connectivity index is 2.89. The number of nitrogens with one attached hydrogen (secondary N) is 1. The van der Waals surface area contributed by atoms with E-state index in [9.17, 15) is 9.59 Å². The number of hydrogen-bond acceptors (Lipinski definition) is 4. The standard InChI is InChI=1S/C10H14N2O3/c1-3-4-10(2,12-7-13)8(14)9-11-5-6-15-9/h5-7H,3-4H2,1-2H3,(H,12,13)/t10-/m0/s1. The first-order chi connectivity index (χ1) is 7.14. The summed E-state index contributed by atoms with van der Waals surface area (Å²) in [5, 5.41) is 2.52. The number of nitrogens with zero attached hydrogens (tertiary/aromatic N) is 1. The molecule has 0 aliphatic rings. The van der Waals surface area contributed by atoms with E-state index in [1.165, 1.54) is 12.5 Å². The summed E-state index contributed by atoms with van der Waals surface area (Å²) >= 11 is 0. The maximum absolute atomic E-state index is 11.9. The van der Waals surface area contributed by atoms with Crippen LogP contribution >= 0.6 is 0 Å². The zero-order valence-electron chi connectivity index (χ0n) is 8.82. The van der Waals surface area contributed by atoms with Crippen LogP contribution in [0.4, 0.5) is 0 Å². The molecule has 0 spiro atoms. The fraction of sp³-hybridized carbons (Fsp3) is 0.500. The third-order valence-corrected chi connectivity index (χ3v) is 2.26. The summed E-state index contributed by atoms with van der Waals surface area (Å²) in [5.41, 5.74) is -0.929. The van der Waals surface area contributed by atoms with E-state index < -0.39 is 5.54 Å². The molecule has 0 bridgehead atoms. The van der Waals surface area contributed by atoms with Gasteiger partial charge in [0, 0.05) is 0 Å². The molecule has 0 aromatic carbocycles. The van der Waals surface area contributed by atoms with Gasteiger partial charge in [-0.05, 0) is 13.3 Å². The van der Waals surface area contributed by atoms with Crippen molar-refractivity contribution in [1.29, 1.82) is 0 Å². The molecule has 5 heteroatoms. The van der Waals surface area contributed by atoms with E-state index in [0.717, 1.165) is 6.42 Å². The highest BCUT2D eigenvalue weighted by molar-refractivity contribution is 6.00.